The molecule has 0 spiro atoms. The zero-order valence-electron chi connectivity index (χ0n) is 21.9. The van der Waals surface area contributed by atoms with Crippen LogP contribution in [0.5, 0.6) is 0 Å². The lowest BCUT2D eigenvalue weighted by Crippen LogP contribution is -2.55. The van der Waals surface area contributed by atoms with Gasteiger partial charge in [-0.25, -0.2) is 4.79 Å². The summed E-state index contributed by atoms with van der Waals surface area (Å²) in [5.41, 5.74) is 0.956. The van der Waals surface area contributed by atoms with Crippen molar-refractivity contribution in [2.24, 2.45) is 11.8 Å². The van der Waals surface area contributed by atoms with Crippen LogP contribution >= 0.6 is 11.8 Å². The number of nitrogens with one attached hydrogen (secondary N) is 2. The second kappa shape index (κ2) is 15.5. The van der Waals surface area contributed by atoms with Crippen LogP contribution in [0.15, 0.2) is 53.1 Å². The third-order valence-corrected chi connectivity index (χ3v) is 7.98. The number of carbonyl (C=O) groups is 3. The van der Waals surface area contributed by atoms with Crippen LogP contribution in [0.3, 0.4) is 0 Å². The van der Waals surface area contributed by atoms with Crippen LogP contribution in [0.1, 0.15) is 63.7 Å². The maximum absolute atomic E-state index is 13.4. The van der Waals surface area contributed by atoms with Crippen LogP contribution < -0.4 is 10.6 Å². The van der Waals surface area contributed by atoms with E-state index in [2.05, 4.69) is 10.6 Å². The van der Waals surface area contributed by atoms with E-state index in [1.807, 2.05) is 56.3 Å². The third-order valence-electron chi connectivity index (χ3n) is 7.00. The summed E-state index contributed by atoms with van der Waals surface area (Å²) in [4.78, 5) is 39.2. The Morgan fingerprint density at radius 2 is 1.81 bits per heavy atom. The van der Waals surface area contributed by atoms with Gasteiger partial charge in [-0.1, -0.05) is 69.9 Å². The van der Waals surface area contributed by atoms with Gasteiger partial charge in [-0.2, -0.15) is 0 Å². The summed E-state index contributed by atoms with van der Waals surface area (Å²) in [5, 5.41) is 5.71. The number of ether oxygens (including phenoxy) is 1. The molecule has 7 nitrogen and oxygen atoms in total. The van der Waals surface area contributed by atoms with Gasteiger partial charge < -0.3 is 19.8 Å². The summed E-state index contributed by atoms with van der Waals surface area (Å²) < 4.78 is 10.8. The SMILES string of the molecule is CCC(C)C(NC(=O)OCC1CCCCC1)C(=O)NC(Cc1ccccc1)C(=O)CSCc1ccco1. The number of thioether (sulfide) groups is 1. The lowest BCUT2D eigenvalue weighted by atomic mass is 9.90. The summed E-state index contributed by atoms with van der Waals surface area (Å²) in [6.07, 6.45) is 7.83. The zero-order valence-corrected chi connectivity index (χ0v) is 22.8. The number of hydrogen-bond donors (Lipinski definition) is 2. The minimum atomic E-state index is -0.786. The highest BCUT2D eigenvalue weighted by atomic mass is 32.2. The average Bonchev–Trinajstić information content (AvgIpc) is 3.44. The molecular formula is C29H40N2O5S. The summed E-state index contributed by atoms with van der Waals surface area (Å²) >= 11 is 1.45. The fourth-order valence-corrected chi connectivity index (χ4v) is 5.39. The monoisotopic (exact) mass is 528 g/mol. The molecule has 1 fully saturated rings. The van der Waals surface area contributed by atoms with Gasteiger partial charge in [0.25, 0.3) is 0 Å². The van der Waals surface area contributed by atoms with Gasteiger partial charge in [-0.3, -0.25) is 9.59 Å². The van der Waals surface area contributed by atoms with Crippen LogP contribution in [-0.2, 0) is 26.5 Å². The van der Waals surface area contributed by atoms with Gasteiger partial charge in [0.2, 0.25) is 5.91 Å². The molecule has 8 heteroatoms. The molecular weight excluding hydrogens is 488 g/mol. The highest BCUT2D eigenvalue weighted by Gasteiger charge is 2.30. The number of alkyl carbamates (subject to hydrolysis) is 1. The second-order valence-corrected chi connectivity index (χ2v) is 10.9. The maximum Gasteiger partial charge on any atom is 0.407 e. The van der Waals surface area contributed by atoms with Gasteiger partial charge in [-0.15, -0.1) is 11.8 Å². The Hall–Kier alpha value is -2.74. The quantitative estimate of drug-likeness (QED) is 0.335. The summed E-state index contributed by atoms with van der Waals surface area (Å²) in [6.45, 7) is 4.26. The maximum atomic E-state index is 13.4. The van der Waals surface area contributed by atoms with E-state index in [0.717, 1.165) is 24.2 Å². The van der Waals surface area contributed by atoms with Crippen molar-refractivity contribution in [1.29, 1.82) is 0 Å². The molecule has 3 atom stereocenters. The molecule has 1 aromatic heterocycles. The number of carbonyl (C=O) groups excluding carboxylic acids is 3. The fourth-order valence-electron chi connectivity index (χ4n) is 4.52. The number of Topliss-reactive ketones (excluding diaryl/α,β-unsaturated/α-hetero) is 1. The van der Waals surface area contributed by atoms with Crippen molar-refractivity contribution < 1.29 is 23.5 Å². The molecule has 1 heterocycles. The van der Waals surface area contributed by atoms with Crippen molar-refractivity contribution in [2.75, 3.05) is 12.4 Å². The number of hydrogen-bond acceptors (Lipinski definition) is 6. The predicted octanol–water partition coefficient (Wildman–Crippen LogP) is 5.53. The van der Waals surface area contributed by atoms with E-state index in [1.54, 1.807) is 6.26 Å². The van der Waals surface area contributed by atoms with Gasteiger partial charge in [0.1, 0.15) is 11.8 Å². The predicted molar refractivity (Wildman–Crippen MR) is 146 cm³/mol. The van der Waals surface area contributed by atoms with Gasteiger partial charge in [0.05, 0.1) is 30.4 Å². The van der Waals surface area contributed by atoms with Crippen molar-refractivity contribution in [3.8, 4) is 0 Å². The van der Waals surface area contributed by atoms with E-state index in [1.165, 1.54) is 31.0 Å². The highest BCUT2D eigenvalue weighted by molar-refractivity contribution is 7.99. The molecule has 37 heavy (non-hydrogen) atoms. The third kappa shape index (κ3) is 9.91. The molecule has 0 radical (unpaired) electrons. The van der Waals surface area contributed by atoms with E-state index in [4.69, 9.17) is 9.15 Å². The molecule has 3 rings (SSSR count). The molecule has 1 aliphatic rings. The molecule has 2 N–H and O–H groups in total. The molecule has 202 valence electrons. The van der Waals surface area contributed by atoms with Gasteiger partial charge >= 0.3 is 6.09 Å². The van der Waals surface area contributed by atoms with Crippen molar-refractivity contribution in [3.05, 3.63) is 60.1 Å². The molecule has 1 aromatic carbocycles. The van der Waals surface area contributed by atoms with Gasteiger partial charge in [-0.05, 0) is 48.8 Å². The van der Waals surface area contributed by atoms with Gasteiger partial charge in [0, 0.05) is 0 Å². The summed E-state index contributed by atoms with van der Waals surface area (Å²) in [7, 11) is 0. The van der Waals surface area contributed by atoms with Crippen molar-refractivity contribution in [2.45, 2.75) is 76.6 Å². The number of rotatable bonds is 14. The first-order chi connectivity index (χ1) is 18.0. The number of amides is 2. The van der Waals surface area contributed by atoms with Crippen LogP contribution in [0.2, 0.25) is 0 Å². The molecule has 3 unspecified atom stereocenters. The van der Waals surface area contributed by atoms with Crippen molar-refractivity contribution in [3.63, 3.8) is 0 Å². The number of benzene rings is 1. The first-order valence-corrected chi connectivity index (χ1v) is 14.5. The lowest BCUT2D eigenvalue weighted by Gasteiger charge is -2.27. The van der Waals surface area contributed by atoms with Crippen molar-refractivity contribution >= 4 is 29.5 Å². The van der Waals surface area contributed by atoms with E-state index in [0.29, 0.717) is 31.1 Å². The summed E-state index contributed by atoms with van der Waals surface area (Å²) in [6, 6.07) is 11.8. The molecule has 0 saturated heterocycles. The Morgan fingerprint density at radius 3 is 2.49 bits per heavy atom. The molecule has 0 bridgehead atoms. The molecule has 2 aromatic rings. The Morgan fingerprint density at radius 1 is 1.05 bits per heavy atom. The zero-order chi connectivity index (χ0) is 26.5. The first kappa shape index (κ1) is 28.8. The first-order valence-electron chi connectivity index (χ1n) is 13.4. The van der Waals surface area contributed by atoms with Crippen LogP contribution in [-0.4, -0.2) is 42.2 Å². The van der Waals surface area contributed by atoms with E-state index in [9.17, 15) is 14.4 Å². The van der Waals surface area contributed by atoms with Crippen LogP contribution in [0, 0.1) is 11.8 Å². The van der Waals surface area contributed by atoms with Crippen LogP contribution in [0.4, 0.5) is 4.79 Å². The smallest absolute Gasteiger partial charge is 0.407 e. The van der Waals surface area contributed by atoms with E-state index < -0.39 is 18.2 Å². The Kier molecular flexibility index (Phi) is 12.1. The number of ketones is 1. The average molecular weight is 529 g/mol. The van der Waals surface area contributed by atoms with Gasteiger partial charge in [0.15, 0.2) is 5.78 Å². The topological polar surface area (TPSA) is 97.6 Å². The highest BCUT2D eigenvalue weighted by Crippen LogP contribution is 2.23. The minimum Gasteiger partial charge on any atom is -0.468 e. The number of furan rings is 1. The largest absolute Gasteiger partial charge is 0.468 e. The fraction of sp³-hybridized carbons (Fsp3) is 0.552. The Bertz CT molecular complexity index is 960. The summed E-state index contributed by atoms with van der Waals surface area (Å²) in [5.74, 6) is 1.45. The van der Waals surface area contributed by atoms with E-state index in [-0.39, 0.29) is 23.4 Å². The molecule has 2 amide bonds. The Balaban J connectivity index is 1.61. The molecule has 0 aliphatic heterocycles. The Labute approximate surface area is 224 Å². The van der Waals surface area contributed by atoms with Crippen molar-refractivity contribution in [1.82, 2.24) is 10.6 Å². The molecule has 1 aliphatic carbocycles. The molecule has 1 saturated carbocycles. The van der Waals surface area contributed by atoms with Crippen LogP contribution in [0.25, 0.3) is 0 Å². The minimum absolute atomic E-state index is 0.0727. The normalized spacial score (nSPS) is 16.4. The standard InChI is InChI=1S/C29H40N2O5S/c1-3-21(2)27(31-29(34)36-18-23-13-8-5-9-14-23)28(33)30-25(17-22-11-6-4-7-12-22)26(32)20-37-19-24-15-10-16-35-24/h4,6-7,10-12,15-16,21,23,25,27H,3,5,8-9,13-14,17-20H2,1-2H3,(H,30,33)(H,31,34). The second-order valence-electron chi connectivity index (χ2n) is 9.90. The van der Waals surface area contributed by atoms with E-state index >= 15 is 0 Å². The lowest BCUT2D eigenvalue weighted by molar-refractivity contribution is -0.128.